The van der Waals surface area contributed by atoms with Crippen LogP contribution in [-0.2, 0) is 4.74 Å². The summed E-state index contributed by atoms with van der Waals surface area (Å²) in [7, 11) is 1.00. The summed E-state index contributed by atoms with van der Waals surface area (Å²) in [6, 6.07) is 2.18. The van der Waals surface area contributed by atoms with Crippen LogP contribution in [0.4, 0.5) is 19.0 Å². The number of nitrogens with zero attached hydrogens (tertiary/aromatic N) is 2. The monoisotopic (exact) mass is 261 g/mol. The van der Waals surface area contributed by atoms with E-state index in [0.717, 1.165) is 7.11 Å². The zero-order valence-electron chi connectivity index (χ0n) is 8.91. The number of alkyl halides is 3. The lowest BCUT2D eigenvalue weighted by molar-refractivity contribution is -0.276. The molecule has 18 heavy (non-hydrogen) atoms. The number of aromatic nitrogens is 1. The smallest absolute Gasteiger partial charge is 0.465 e. The molecular weight excluding hydrogens is 255 g/mol. The van der Waals surface area contributed by atoms with Crippen molar-refractivity contribution in [3.8, 4) is 11.9 Å². The van der Waals surface area contributed by atoms with Gasteiger partial charge in [-0.3, -0.25) is 0 Å². The van der Waals surface area contributed by atoms with E-state index in [2.05, 4.69) is 14.5 Å². The molecule has 0 spiro atoms. The Bertz CT molecular complexity index is 522. The Morgan fingerprint density at radius 3 is 2.61 bits per heavy atom. The summed E-state index contributed by atoms with van der Waals surface area (Å²) in [6.45, 7) is 0. The van der Waals surface area contributed by atoms with Crippen molar-refractivity contribution in [3.63, 3.8) is 0 Å². The van der Waals surface area contributed by atoms with E-state index in [0.29, 0.717) is 6.07 Å². The molecule has 96 valence electrons. The third-order valence-electron chi connectivity index (χ3n) is 1.76. The fourth-order valence-corrected chi connectivity index (χ4v) is 1.10. The standard InChI is InChI=1S/C9H6F3N3O3/c1-17-8(16)4-2-6(18-9(10,11)12)15-7(14)5(4)3-13/h2H,1H3,(H2,14,15). The van der Waals surface area contributed by atoms with E-state index >= 15 is 0 Å². The van der Waals surface area contributed by atoms with Crippen molar-refractivity contribution in [2.24, 2.45) is 0 Å². The summed E-state index contributed by atoms with van der Waals surface area (Å²) < 4.78 is 43.8. The van der Waals surface area contributed by atoms with Crippen LogP contribution in [0.25, 0.3) is 0 Å². The molecular formula is C9H6F3N3O3. The van der Waals surface area contributed by atoms with Crippen molar-refractivity contribution < 1.29 is 27.4 Å². The van der Waals surface area contributed by atoms with Gasteiger partial charge in [-0.1, -0.05) is 0 Å². The van der Waals surface area contributed by atoms with Gasteiger partial charge in [0.05, 0.1) is 12.7 Å². The van der Waals surface area contributed by atoms with Crippen molar-refractivity contribution in [1.82, 2.24) is 4.98 Å². The first kappa shape index (κ1) is 13.6. The number of halogens is 3. The molecule has 6 nitrogen and oxygen atoms in total. The second-order valence-corrected chi connectivity index (χ2v) is 2.92. The van der Waals surface area contributed by atoms with Gasteiger partial charge in [0.25, 0.3) is 0 Å². The molecule has 1 aromatic rings. The largest absolute Gasteiger partial charge is 0.574 e. The molecule has 0 atom stereocenters. The number of ether oxygens (including phenoxy) is 2. The second kappa shape index (κ2) is 4.79. The fourth-order valence-electron chi connectivity index (χ4n) is 1.10. The number of nitriles is 1. The topological polar surface area (TPSA) is 98.2 Å². The minimum Gasteiger partial charge on any atom is -0.465 e. The first-order valence-electron chi connectivity index (χ1n) is 4.33. The molecule has 1 heterocycles. The molecule has 0 radical (unpaired) electrons. The van der Waals surface area contributed by atoms with Gasteiger partial charge in [-0.15, -0.1) is 13.2 Å². The molecule has 0 aliphatic heterocycles. The molecule has 9 heteroatoms. The molecule has 1 aromatic heterocycles. The lowest BCUT2D eigenvalue weighted by Crippen LogP contribution is -2.19. The predicted octanol–water partition coefficient (Wildman–Crippen LogP) is 1.22. The predicted molar refractivity (Wildman–Crippen MR) is 51.4 cm³/mol. The number of carbonyl (C=O) groups excluding carboxylic acids is 1. The molecule has 1 rings (SSSR count). The quantitative estimate of drug-likeness (QED) is 0.803. The van der Waals surface area contributed by atoms with Crippen LogP contribution < -0.4 is 10.5 Å². The van der Waals surface area contributed by atoms with Crippen LogP contribution in [0.5, 0.6) is 5.88 Å². The van der Waals surface area contributed by atoms with Crippen molar-refractivity contribution in [2.45, 2.75) is 6.36 Å². The summed E-state index contributed by atoms with van der Waals surface area (Å²) in [6.07, 6.45) is -4.99. The molecule has 0 saturated carbocycles. The molecule has 0 aliphatic rings. The zero-order chi connectivity index (χ0) is 13.9. The van der Waals surface area contributed by atoms with E-state index in [1.807, 2.05) is 0 Å². The highest BCUT2D eigenvalue weighted by Crippen LogP contribution is 2.26. The van der Waals surface area contributed by atoms with Gasteiger partial charge in [0.1, 0.15) is 17.5 Å². The normalized spacial score (nSPS) is 10.6. The van der Waals surface area contributed by atoms with Crippen LogP contribution in [0.1, 0.15) is 15.9 Å². The molecule has 0 bridgehead atoms. The molecule has 0 saturated heterocycles. The minimum absolute atomic E-state index is 0.378. The number of nitrogen functional groups attached to an aromatic ring is 1. The Labute approximate surface area is 98.7 Å². The first-order valence-corrected chi connectivity index (χ1v) is 4.33. The number of anilines is 1. The summed E-state index contributed by atoms with van der Waals surface area (Å²) in [5, 5.41) is 8.73. The Morgan fingerprint density at radius 1 is 1.56 bits per heavy atom. The number of nitrogens with two attached hydrogens (primary N) is 1. The average Bonchev–Trinajstić information content (AvgIpc) is 2.25. The van der Waals surface area contributed by atoms with Gasteiger partial charge in [-0.25, -0.2) is 4.79 Å². The summed E-state index contributed by atoms with van der Waals surface area (Å²) in [5.41, 5.74) is 4.42. The maximum atomic E-state index is 12.0. The maximum absolute atomic E-state index is 12.0. The number of hydrogen-bond acceptors (Lipinski definition) is 6. The molecule has 0 aliphatic carbocycles. The first-order chi connectivity index (χ1) is 8.28. The lowest BCUT2D eigenvalue weighted by atomic mass is 10.1. The van der Waals surface area contributed by atoms with Crippen LogP contribution in [0.2, 0.25) is 0 Å². The number of hydrogen-bond donors (Lipinski definition) is 1. The Morgan fingerprint density at radius 2 is 2.17 bits per heavy atom. The molecule has 0 unspecified atom stereocenters. The van der Waals surface area contributed by atoms with Crippen LogP contribution in [0.15, 0.2) is 6.07 Å². The van der Waals surface area contributed by atoms with Gasteiger partial charge in [0.2, 0.25) is 5.88 Å². The molecule has 2 N–H and O–H groups in total. The van der Waals surface area contributed by atoms with E-state index in [1.165, 1.54) is 0 Å². The number of carbonyl (C=O) groups is 1. The molecule has 0 fully saturated rings. The Kier molecular flexibility index (Phi) is 3.61. The highest BCUT2D eigenvalue weighted by Gasteiger charge is 2.33. The van der Waals surface area contributed by atoms with Crippen molar-refractivity contribution in [2.75, 3.05) is 12.8 Å². The van der Waals surface area contributed by atoms with E-state index < -0.39 is 29.6 Å². The maximum Gasteiger partial charge on any atom is 0.574 e. The minimum atomic E-state index is -4.99. The highest BCUT2D eigenvalue weighted by molar-refractivity contribution is 5.94. The van der Waals surface area contributed by atoms with Gasteiger partial charge in [-0.05, 0) is 0 Å². The van der Waals surface area contributed by atoms with E-state index in [1.54, 1.807) is 6.07 Å². The van der Waals surface area contributed by atoms with Gasteiger partial charge in [0, 0.05) is 6.07 Å². The summed E-state index contributed by atoms with van der Waals surface area (Å²) in [4.78, 5) is 14.5. The summed E-state index contributed by atoms with van der Waals surface area (Å²) in [5.74, 6) is -2.52. The summed E-state index contributed by atoms with van der Waals surface area (Å²) >= 11 is 0. The zero-order valence-corrected chi connectivity index (χ0v) is 8.91. The van der Waals surface area contributed by atoms with Gasteiger partial charge >= 0.3 is 12.3 Å². The van der Waals surface area contributed by atoms with Crippen LogP contribution in [0, 0.1) is 11.3 Å². The molecule has 0 aromatic carbocycles. The van der Waals surface area contributed by atoms with Crippen molar-refractivity contribution >= 4 is 11.8 Å². The van der Waals surface area contributed by atoms with E-state index in [4.69, 9.17) is 11.0 Å². The van der Waals surface area contributed by atoms with E-state index in [-0.39, 0.29) is 5.56 Å². The van der Waals surface area contributed by atoms with Crippen LogP contribution in [-0.4, -0.2) is 24.4 Å². The number of methoxy groups -OCH3 is 1. The lowest BCUT2D eigenvalue weighted by Gasteiger charge is -2.10. The van der Waals surface area contributed by atoms with Crippen LogP contribution in [0.3, 0.4) is 0 Å². The van der Waals surface area contributed by atoms with Crippen molar-refractivity contribution in [3.05, 3.63) is 17.2 Å². The number of esters is 1. The average molecular weight is 261 g/mol. The number of pyridine rings is 1. The second-order valence-electron chi connectivity index (χ2n) is 2.92. The Hall–Kier alpha value is -2.50. The van der Waals surface area contributed by atoms with Gasteiger partial charge in [-0.2, -0.15) is 10.2 Å². The third-order valence-corrected chi connectivity index (χ3v) is 1.76. The fraction of sp³-hybridized carbons (Fsp3) is 0.222. The Balaban J connectivity index is 3.32. The van der Waals surface area contributed by atoms with Gasteiger partial charge in [0.15, 0.2) is 0 Å². The SMILES string of the molecule is COC(=O)c1cc(OC(F)(F)F)nc(N)c1C#N. The van der Waals surface area contributed by atoms with Crippen LogP contribution >= 0.6 is 0 Å². The highest BCUT2D eigenvalue weighted by atomic mass is 19.4. The number of rotatable bonds is 2. The van der Waals surface area contributed by atoms with Gasteiger partial charge < -0.3 is 15.2 Å². The van der Waals surface area contributed by atoms with E-state index in [9.17, 15) is 18.0 Å². The van der Waals surface area contributed by atoms with Crippen molar-refractivity contribution in [1.29, 1.82) is 5.26 Å². The third kappa shape index (κ3) is 3.00. The molecule has 0 amide bonds.